The predicted octanol–water partition coefficient (Wildman–Crippen LogP) is 1.53. The van der Waals surface area contributed by atoms with E-state index in [2.05, 4.69) is 10.1 Å². The van der Waals surface area contributed by atoms with E-state index in [9.17, 15) is 9.18 Å². The van der Waals surface area contributed by atoms with Crippen LogP contribution in [0.5, 0.6) is 5.75 Å². The van der Waals surface area contributed by atoms with Gasteiger partial charge in [-0.15, -0.1) is 12.4 Å². The van der Waals surface area contributed by atoms with Gasteiger partial charge < -0.3 is 14.8 Å². The number of esters is 1. The van der Waals surface area contributed by atoms with E-state index < -0.39 is 5.82 Å². The summed E-state index contributed by atoms with van der Waals surface area (Å²) < 4.78 is 23.4. The van der Waals surface area contributed by atoms with Crippen LogP contribution in [0.1, 0.15) is 6.42 Å². The summed E-state index contributed by atoms with van der Waals surface area (Å²) in [7, 11) is 1.34. The van der Waals surface area contributed by atoms with E-state index in [1.165, 1.54) is 13.2 Å². The van der Waals surface area contributed by atoms with Gasteiger partial charge >= 0.3 is 5.97 Å². The third-order valence-corrected chi connectivity index (χ3v) is 2.71. The largest absolute Gasteiger partial charge is 0.486 e. The lowest BCUT2D eigenvalue weighted by atomic mass is 10.2. The number of para-hydroxylation sites is 1. The minimum absolute atomic E-state index is 0. The Bertz CT molecular complexity index is 416. The summed E-state index contributed by atoms with van der Waals surface area (Å²) in [6.07, 6.45) is 0.275. The number of rotatable bonds is 3. The molecule has 100 valence electrons. The molecule has 1 aromatic rings. The van der Waals surface area contributed by atoms with Gasteiger partial charge in [-0.1, -0.05) is 12.1 Å². The number of hydrogen-bond acceptors (Lipinski definition) is 4. The molecule has 0 bridgehead atoms. The van der Waals surface area contributed by atoms with Crippen LogP contribution in [0.4, 0.5) is 4.39 Å². The molecule has 18 heavy (non-hydrogen) atoms. The molecule has 1 aromatic carbocycles. The van der Waals surface area contributed by atoms with Crippen LogP contribution < -0.4 is 10.1 Å². The fraction of sp³-hybridized carbons (Fsp3) is 0.417. The van der Waals surface area contributed by atoms with Crippen molar-refractivity contribution < 1.29 is 18.7 Å². The number of nitrogens with one attached hydrogen (secondary N) is 1. The third kappa shape index (κ3) is 3.34. The monoisotopic (exact) mass is 275 g/mol. The zero-order valence-electron chi connectivity index (χ0n) is 9.89. The molecule has 1 N–H and O–H groups in total. The first-order chi connectivity index (χ1) is 8.20. The Balaban J connectivity index is 0.00000162. The highest BCUT2D eigenvalue weighted by molar-refractivity contribution is 5.85. The summed E-state index contributed by atoms with van der Waals surface area (Å²) in [5, 5.41) is 2.98. The van der Waals surface area contributed by atoms with Gasteiger partial charge in [0.1, 0.15) is 12.1 Å². The van der Waals surface area contributed by atoms with E-state index in [0.717, 1.165) is 0 Å². The number of methoxy groups -OCH3 is 1. The zero-order chi connectivity index (χ0) is 12.3. The Morgan fingerprint density at radius 1 is 1.44 bits per heavy atom. The summed E-state index contributed by atoms with van der Waals surface area (Å²) in [6, 6.07) is 5.86. The molecule has 0 spiro atoms. The van der Waals surface area contributed by atoms with Gasteiger partial charge in [-0.3, -0.25) is 4.79 Å². The van der Waals surface area contributed by atoms with Gasteiger partial charge in [0.2, 0.25) is 0 Å². The standard InChI is InChI=1S/C12H14FNO3.ClH/c1-16-12(15)10-6-8(7-14-10)17-11-5-3-2-4-9(11)13;/h2-5,8,10,14H,6-7H2,1H3;1H/t8-,10-;/m0./s1. The predicted molar refractivity (Wildman–Crippen MR) is 66.5 cm³/mol. The summed E-state index contributed by atoms with van der Waals surface area (Å²) in [5.74, 6) is -0.497. The molecular weight excluding hydrogens is 261 g/mol. The minimum Gasteiger partial charge on any atom is -0.486 e. The Hall–Kier alpha value is -1.33. The highest BCUT2D eigenvalue weighted by atomic mass is 35.5. The molecule has 0 unspecified atom stereocenters. The van der Waals surface area contributed by atoms with Crippen LogP contribution in [0.2, 0.25) is 0 Å². The van der Waals surface area contributed by atoms with E-state index in [1.54, 1.807) is 18.2 Å². The van der Waals surface area contributed by atoms with Gasteiger partial charge in [0, 0.05) is 13.0 Å². The molecule has 0 amide bonds. The van der Waals surface area contributed by atoms with Gasteiger partial charge in [-0.25, -0.2) is 4.39 Å². The van der Waals surface area contributed by atoms with Gasteiger partial charge in [-0.2, -0.15) is 0 Å². The summed E-state index contributed by atoms with van der Waals surface area (Å²) in [4.78, 5) is 11.3. The maximum absolute atomic E-state index is 13.3. The molecule has 1 heterocycles. The summed E-state index contributed by atoms with van der Waals surface area (Å²) in [5.41, 5.74) is 0. The first-order valence-corrected chi connectivity index (χ1v) is 5.43. The molecule has 1 aliphatic rings. The molecular formula is C12H15ClFNO3. The van der Waals surface area contributed by atoms with E-state index in [4.69, 9.17) is 4.74 Å². The lowest BCUT2D eigenvalue weighted by molar-refractivity contribution is -0.142. The lowest BCUT2D eigenvalue weighted by Crippen LogP contribution is -2.31. The summed E-state index contributed by atoms with van der Waals surface area (Å²) in [6.45, 7) is 0.508. The Kier molecular flexibility index (Phi) is 5.37. The molecule has 2 rings (SSSR count). The van der Waals surface area contributed by atoms with Crippen LogP contribution in [0, 0.1) is 5.82 Å². The van der Waals surface area contributed by atoms with Gasteiger partial charge in [0.15, 0.2) is 11.6 Å². The average molecular weight is 276 g/mol. The van der Waals surface area contributed by atoms with Crippen LogP contribution in [0.15, 0.2) is 24.3 Å². The van der Waals surface area contributed by atoms with Crippen molar-refractivity contribution in [2.45, 2.75) is 18.6 Å². The lowest BCUT2D eigenvalue weighted by Gasteiger charge is -2.13. The van der Waals surface area contributed by atoms with E-state index in [-0.39, 0.29) is 36.3 Å². The van der Waals surface area contributed by atoms with Crippen LogP contribution in [0.3, 0.4) is 0 Å². The second-order valence-electron chi connectivity index (χ2n) is 3.89. The smallest absolute Gasteiger partial charge is 0.323 e. The number of benzene rings is 1. The normalized spacial score (nSPS) is 22.1. The Morgan fingerprint density at radius 3 is 2.83 bits per heavy atom. The van der Waals surface area contributed by atoms with E-state index in [0.29, 0.717) is 13.0 Å². The van der Waals surface area contributed by atoms with Crippen molar-refractivity contribution in [1.82, 2.24) is 5.32 Å². The summed E-state index contributed by atoms with van der Waals surface area (Å²) >= 11 is 0. The highest BCUT2D eigenvalue weighted by Gasteiger charge is 2.31. The van der Waals surface area contributed by atoms with Crippen molar-refractivity contribution in [2.24, 2.45) is 0 Å². The van der Waals surface area contributed by atoms with E-state index in [1.807, 2.05) is 0 Å². The van der Waals surface area contributed by atoms with Gasteiger partial charge in [0.05, 0.1) is 7.11 Å². The first kappa shape index (κ1) is 14.7. The minimum atomic E-state index is -0.394. The number of ether oxygens (including phenoxy) is 2. The van der Waals surface area contributed by atoms with Gasteiger partial charge in [0.25, 0.3) is 0 Å². The number of halogens is 2. The molecule has 0 aliphatic carbocycles. The molecule has 0 radical (unpaired) electrons. The number of hydrogen-bond donors (Lipinski definition) is 1. The average Bonchev–Trinajstić information content (AvgIpc) is 2.80. The topological polar surface area (TPSA) is 47.6 Å². The molecule has 4 nitrogen and oxygen atoms in total. The number of carbonyl (C=O) groups is 1. The molecule has 0 aromatic heterocycles. The molecule has 1 saturated heterocycles. The molecule has 1 aliphatic heterocycles. The fourth-order valence-corrected chi connectivity index (χ4v) is 1.83. The fourth-order valence-electron chi connectivity index (χ4n) is 1.83. The van der Waals surface area contributed by atoms with Crippen molar-refractivity contribution in [3.8, 4) is 5.75 Å². The molecule has 1 fully saturated rings. The third-order valence-electron chi connectivity index (χ3n) is 2.71. The van der Waals surface area contributed by atoms with Crippen molar-refractivity contribution in [3.63, 3.8) is 0 Å². The SMILES string of the molecule is COC(=O)[C@@H]1C[C@H](Oc2ccccc2F)CN1.Cl. The van der Waals surface area contributed by atoms with Crippen molar-refractivity contribution in [1.29, 1.82) is 0 Å². The van der Waals surface area contributed by atoms with Crippen LogP contribution in [-0.4, -0.2) is 31.8 Å². The second kappa shape index (κ2) is 6.56. The van der Waals surface area contributed by atoms with Crippen molar-refractivity contribution >= 4 is 18.4 Å². The van der Waals surface area contributed by atoms with Crippen molar-refractivity contribution in [2.75, 3.05) is 13.7 Å². The second-order valence-corrected chi connectivity index (χ2v) is 3.89. The van der Waals surface area contributed by atoms with Crippen LogP contribution in [0.25, 0.3) is 0 Å². The molecule has 6 heteroatoms. The quantitative estimate of drug-likeness (QED) is 0.850. The Morgan fingerprint density at radius 2 is 2.17 bits per heavy atom. The maximum Gasteiger partial charge on any atom is 0.323 e. The number of carbonyl (C=O) groups excluding carboxylic acids is 1. The Labute approximate surface area is 111 Å². The molecule has 2 atom stereocenters. The van der Waals surface area contributed by atoms with Crippen molar-refractivity contribution in [3.05, 3.63) is 30.1 Å². The molecule has 0 saturated carbocycles. The van der Waals surface area contributed by atoms with Crippen LogP contribution >= 0.6 is 12.4 Å². The first-order valence-electron chi connectivity index (χ1n) is 5.43. The highest BCUT2D eigenvalue weighted by Crippen LogP contribution is 2.20. The maximum atomic E-state index is 13.3. The van der Waals surface area contributed by atoms with Crippen LogP contribution in [-0.2, 0) is 9.53 Å². The van der Waals surface area contributed by atoms with E-state index >= 15 is 0 Å². The van der Waals surface area contributed by atoms with Gasteiger partial charge in [-0.05, 0) is 12.1 Å². The zero-order valence-corrected chi connectivity index (χ0v) is 10.7.